The predicted molar refractivity (Wildman–Crippen MR) is 5.75 cm³/mol. The van der Waals surface area contributed by atoms with Crippen molar-refractivity contribution in [3.05, 3.63) is 0 Å². The van der Waals surface area contributed by atoms with Crippen molar-refractivity contribution < 1.29 is 107 Å². The molecule has 0 atom stereocenters. The van der Waals surface area contributed by atoms with Crippen molar-refractivity contribution in [2.75, 3.05) is 0 Å². The van der Waals surface area contributed by atoms with E-state index in [0.717, 1.165) is 0 Å². The van der Waals surface area contributed by atoms with Crippen molar-refractivity contribution >= 4 is 17.4 Å². The summed E-state index contributed by atoms with van der Waals surface area (Å²) in [5, 5.41) is 0. The SMILES string of the molecule is [Al+3].[Ho+3].[Tm+3].[Y+3]. The van der Waals surface area contributed by atoms with E-state index in [4.69, 9.17) is 0 Å². The van der Waals surface area contributed by atoms with E-state index in [9.17, 15) is 0 Å². The summed E-state index contributed by atoms with van der Waals surface area (Å²) in [6.45, 7) is 0. The fourth-order valence-corrected chi connectivity index (χ4v) is 0. The molecule has 4 heavy (non-hydrogen) atoms. The fourth-order valence-electron chi connectivity index (χ4n) is 0. The first-order chi connectivity index (χ1) is 0. The van der Waals surface area contributed by atoms with Gasteiger partial charge in [-0.2, -0.15) is 0 Å². The Labute approximate surface area is 121 Å². The molecule has 0 bridgehead atoms. The van der Waals surface area contributed by atoms with Crippen LogP contribution < -0.4 is 0 Å². The second-order valence-electron chi connectivity index (χ2n) is 0. The van der Waals surface area contributed by atoms with Gasteiger partial charge in [0.2, 0.25) is 0 Å². The maximum absolute atomic E-state index is 0. The van der Waals surface area contributed by atoms with Gasteiger partial charge in [-0.25, -0.2) is 0 Å². The van der Waals surface area contributed by atoms with E-state index < -0.39 is 0 Å². The van der Waals surface area contributed by atoms with Gasteiger partial charge in [-0.1, -0.05) is 0 Å². The van der Waals surface area contributed by atoms with Crippen molar-refractivity contribution in [1.29, 1.82) is 0 Å². The monoisotopic (exact) mass is 450 g/mol. The van der Waals surface area contributed by atoms with Crippen molar-refractivity contribution in [1.82, 2.24) is 0 Å². The summed E-state index contributed by atoms with van der Waals surface area (Å²) in [6, 6.07) is 0. The van der Waals surface area contributed by atoms with E-state index in [1.807, 2.05) is 0 Å². The zero-order valence-corrected chi connectivity index (χ0v) is 9.44. The average Bonchev–Trinajstić information content (AvgIpc) is 0. The topological polar surface area (TPSA) is 0 Å². The number of hydrogen-bond acceptors (Lipinski definition) is 0. The largest absolute Gasteiger partial charge is 3.00 e. The third-order valence-corrected chi connectivity index (χ3v) is 0. The third kappa shape index (κ3) is 9.46. The summed E-state index contributed by atoms with van der Waals surface area (Å²) >= 11 is 0. The Bertz CT molecular complexity index is 8.00. The number of hydrogen-bond donors (Lipinski definition) is 0. The molecular weight excluding hydrogens is 450 g/mol. The van der Waals surface area contributed by atoms with Crippen LogP contribution in [0.5, 0.6) is 0 Å². The molecule has 0 amide bonds. The molecule has 0 aromatic heterocycles. The molecule has 0 rings (SSSR count). The summed E-state index contributed by atoms with van der Waals surface area (Å²) in [4.78, 5) is 0. The van der Waals surface area contributed by atoms with Crippen LogP contribution in [0.3, 0.4) is 0 Å². The van der Waals surface area contributed by atoms with Crippen LogP contribution in [-0.2, 0) is 32.7 Å². The molecular formula is AlHoTmY+12. The molecule has 0 aromatic carbocycles. The Morgan fingerprint density at radius 1 is 1.00 bits per heavy atom. The van der Waals surface area contributed by atoms with E-state index in [-0.39, 0.29) is 125 Å². The smallest absolute Gasteiger partial charge is 3.00 e. The predicted octanol–water partition coefficient (Wildman–Crippen LogP) is -0.383. The van der Waals surface area contributed by atoms with E-state index in [0.29, 0.717) is 0 Å². The Hall–Kier alpha value is 4.13. The normalized spacial score (nSPS) is 0. The maximum Gasteiger partial charge on any atom is 3.00 e. The Balaban J connectivity index is 0. The van der Waals surface area contributed by atoms with Crippen molar-refractivity contribution in [2.24, 2.45) is 0 Å². The fraction of sp³-hybridized carbons (Fsp3) is 0. The van der Waals surface area contributed by atoms with Crippen LogP contribution in [-0.4, -0.2) is 17.4 Å². The Morgan fingerprint density at radius 3 is 1.00 bits per heavy atom. The molecule has 0 radical (unpaired) electrons. The van der Waals surface area contributed by atoms with Crippen LogP contribution >= 0.6 is 0 Å². The van der Waals surface area contributed by atoms with Gasteiger partial charge >= 0.3 is 125 Å². The minimum absolute atomic E-state index is 0. The molecule has 0 aliphatic carbocycles. The minimum Gasteiger partial charge on any atom is 3.00 e. The molecule has 0 saturated heterocycles. The van der Waals surface area contributed by atoms with Gasteiger partial charge in [0.15, 0.2) is 0 Å². The van der Waals surface area contributed by atoms with Gasteiger partial charge in [0.25, 0.3) is 0 Å². The van der Waals surface area contributed by atoms with Crippen molar-refractivity contribution in [3.63, 3.8) is 0 Å². The first kappa shape index (κ1) is 24.2. The van der Waals surface area contributed by atoms with Crippen LogP contribution in [0, 0.1) is 74.6 Å². The quantitative estimate of drug-likeness (QED) is 0.442. The van der Waals surface area contributed by atoms with Gasteiger partial charge in [-0.3, -0.25) is 0 Å². The second kappa shape index (κ2) is 15.7. The molecule has 0 saturated carbocycles. The van der Waals surface area contributed by atoms with Crippen LogP contribution in [0.2, 0.25) is 0 Å². The van der Waals surface area contributed by atoms with E-state index >= 15 is 0 Å². The van der Waals surface area contributed by atoms with E-state index in [2.05, 4.69) is 0 Å². The summed E-state index contributed by atoms with van der Waals surface area (Å²) in [5.41, 5.74) is 0. The summed E-state index contributed by atoms with van der Waals surface area (Å²) in [5.74, 6) is 0. The maximum atomic E-state index is 0. The second-order valence-corrected chi connectivity index (χ2v) is 0. The third-order valence-electron chi connectivity index (χ3n) is 0. The molecule has 0 nitrogen and oxygen atoms in total. The first-order valence-corrected chi connectivity index (χ1v) is 0. The van der Waals surface area contributed by atoms with Crippen molar-refractivity contribution in [3.8, 4) is 0 Å². The summed E-state index contributed by atoms with van der Waals surface area (Å²) in [7, 11) is 0. The average molecular weight is 450 g/mol. The van der Waals surface area contributed by atoms with Gasteiger partial charge in [0.05, 0.1) is 0 Å². The van der Waals surface area contributed by atoms with Gasteiger partial charge in [0, 0.05) is 0 Å². The molecule has 0 fully saturated rings. The van der Waals surface area contributed by atoms with E-state index in [1.165, 1.54) is 0 Å². The molecule has 0 aliphatic heterocycles. The summed E-state index contributed by atoms with van der Waals surface area (Å²) < 4.78 is 0. The zero-order chi connectivity index (χ0) is 0. The van der Waals surface area contributed by atoms with Gasteiger partial charge < -0.3 is 0 Å². The zero-order valence-electron chi connectivity index (χ0n) is 1.73. The molecule has 0 spiro atoms. The van der Waals surface area contributed by atoms with Gasteiger partial charge in [-0.05, 0) is 0 Å². The standard InChI is InChI=1S/Al.Ho.Tm.Y/q4*+3. The van der Waals surface area contributed by atoms with Crippen molar-refractivity contribution in [2.45, 2.75) is 0 Å². The molecule has 4 heteroatoms. The minimum atomic E-state index is 0. The van der Waals surface area contributed by atoms with Gasteiger partial charge in [-0.15, -0.1) is 0 Å². The number of rotatable bonds is 0. The molecule has 0 N–H and O–H groups in total. The molecule has 18 valence electrons. The molecule has 0 unspecified atom stereocenters. The molecule has 0 heterocycles. The van der Waals surface area contributed by atoms with Crippen LogP contribution in [0.15, 0.2) is 0 Å². The van der Waals surface area contributed by atoms with Gasteiger partial charge in [0.1, 0.15) is 0 Å². The molecule has 0 aliphatic rings. The van der Waals surface area contributed by atoms with E-state index in [1.54, 1.807) is 0 Å². The van der Waals surface area contributed by atoms with Crippen LogP contribution in [0.25, 0.3) is 0 Å². The Kier molecular flexibility index (Phi) is 95.2. The molecule has 0 aromatic rings. The van der Waals surface area contributed by atoms with Crippen LogP contribution in [0.4, 0.5) is 0 Å². The first-order valence-electron chi connectivity index (χ1n) is 0. The van der Waals surface area contributed by atoms with Crippen LogP contribution in [0.1, 0.15) is 0 Å². The summed E-state index contributed by atoms with van der Waals surface area (Å²) in [6.07, 6.45) is 0. The Morgan fingerprint density at radius 2 is 1.00 bits per heavy atom.